The molecule has 0 aromatic heterocycles. The molecule has 0 saturated heterocycles. The summed E-state index contributed by atoms with van der Waals surface area (Å²) in [4.78, 5) is 5.03. The number of benzene rings is 14. The van der Waals surface area contributed by atoms with Crippen molar-refractivity contribution in [3.8, 4) is 44.5 Å². The van der Waals surface area contributed by atoms with Crippen LogP contribution in [0, 0.1) is 0 Å². The van der Waals surface area contributed by atoms with Gasteiger partial charge in [-0.05, 0) is 172 Å². The Labute approximate surface area is 499 Å². The highest BCUT2D eigenvalue weighted by Gasteiger charge is 2.46. The largest absolute Gasteiger partial charge is 0.310 e. The molecule has 0 radical (unpaired) electrons. The third kappa shape index (κ3) is 8.62. The Morgan fingerprint density at radius 1 is 0.271 bits per heavy atom. The number of fused-ring (bicyclic) bond motifs is 3. The number of nitrogens with zero attached hydrogens (tertiary/aromatic N) is 2. The lowest BCUT2D eigenvalue weighted by atomic mass is 9.67. The molecule has 0 amide bonds. The summed E-state index contributed by atoms with van der Waals surface area (Å²) >= 11 is 0. The SMILES string of the molecule is CC(C)c1cccc(N(c2cccc(-c3ccccc3-c3ccccc3-c3ccccc3)c2)c2ccc3ccc4c(N(c5cccc(C(C)C)c5)c5cccc(C6(c7ccccc7)c7ccccc7-c7ccccc76)c5)ccc5ccc2c3c54)c1. The maximum absolute atomic E-state index is 2.53. The van der Waals surface area contributed by atoms with Crippen LogP contribution in [0.15, 0.2) is 303 Å². The molecular weight excluding hydrogens is 1020 g/mol. The van der Waals surface area contributed by atoms with E-state index < -0.39 is 5.41 Å². The minimum absolute atomic E-state index is 0.344. The molecular formula is C83H64N2. The Kier molecular flexibility index (Phi) is 12.8. The van der Waals surface area contributed by atoms with Crippen molar-refractivity contribution >= 4 is 66.4 Å². The minimum Gasteiger partial charge on any atom is -0.310 e. The predicted molar refractivity (Wildman–Crippen MR) is 361 cm³/mol. The molecule has 85 heavy (non-hydrogen) atoms. The van der Waals surface area contributed by atoms with Crippen molar-refractivity contribution in [1.29, 1.82) is 0 Å². The van der Waals surface area contributed by atoms with Gasteiger partial charge >= 0.3 is 0 Å². The fourth-order valence-electron chi connectivity index (χ4n) is 14.0. The second-order valence-corrected chi connectivity index (χ2v) is 23.5. The molecule has 0 fully saturated rings. The Morgan fingerprint density at radius 2 is 0.647 bits per heavy atom. The normalized spacial score (nSPS) is 12.5. The highest BCUT2D eigenvalue weighted by atomic mass is 15.2. The third-order valence-corrected chi connectivity index (χ3v) is 18.0. The van der Waals surface area contributed by atoms with E-state index in [1.165, 1.54) is 105 Å². The van der Waals surface area contributed by atoms with E-state index in [-0.39, 0.29) is 0 Å². The molecule has 0 atom stereocenters. The summed E-state index contributed by atoms with van der Waals surface area (Å²) in [6.45, 7) is 9.16. The van der Waals surface area contributed by atoms with Gasteiger partial charge < -0.3 is 9.80 Å². The zero-order valence-electron chi connectivity index (χ0n) is 48.4. The molecule has 0 spiro atoms. The van der Waals surface area contributed by atoms with E-state index in [9.17, 15) is 0 Å². The zero-order chi connectivity index (χ0) is 57.2. The van der Waals surface area contributed by atoms with Gasteiger partial charge in [0.05, 0.1) is 16.8 Å². The lowest BCUT2D eigenvalue weighted by Crippen LogP contribution is -2.28. The lowest BCUT2D eigenvalue weighted by Gasteiger charge is -2.35. The molecule has 0 bridgehead atoms. The van der Waals surface area contributed by atoms with E-state index in [4.69, 9.17) is 0 Å². The van der Waals surface area contributed by atoms with Crippen molar-refractivity contribution < 1.29 is 0 Å². The fraction of sp³-hybridized carbons (Fsp3) is 0.0843. The van der Waals surface area contributed by atoms with Crippen LogP contribution in [-0.2, 0) is 5.41 Å². The topological polar surface area (TPSA) is 6.48 Å². The Morgan fingerprint density at radius 3 is 1.16 bits per heavy atom. The van der Waals surface area contributed by atoms with Crippen LogP contribution in [0.1, 0.15) is 72.9 Å². The van der Waals surface area contributed by atoms with Gasteiger partial charge in [0.15, 0.2) is 0 Å². The van der Waals surface area contributed by atoms with Gasteiger partial charge in [0, 0.05) is 33.5 Å². The number of rotatable bonds is 13. The van der Waals surface area contributed by atoms with Gasteiger partial charge in [0.25, 0.3) is 0 Å². The quantitative estimate of drug-likeness (QED) is 0.106. The predicted octanol–water partition coefficient (Wildman–Crippen LogP) is 23.1. The van der Waals surface area contributed by atoms with E-state index in [1.54, 1.807) is 0 Å². The first-order chi connectivity index (χ1) is 41.8. The third-order valence-electron chi connectivity index (χ3n) is 18.0. The standard InChI is InChI=1S/C83H64N2/c1-55(2)60-25-19-31-65(51-60)84(67-33-21-27-62(53-67)70-36-12-14-38-72(70)71-37-13-11-35-69(71)57-23-7-5-8-24-57)79-49-45-58-44-48-76-80(50-46-59-43-47-75(79)81(58)82(59)76)85(66-32-20-26-61(52-66)56(3)4)68-34-22-30-64(54-68)83(63-28-9-6-10-29-63)77-41-17-15-39-73(77)74-40-16-18-42-78(74)83/h5-56H,1-4H3. The van der Waals surface area contributed by atoms with Gasteiger partial charge in [-0.2, -0.15) is 0 Å². The maximum Gasteiger partial charge on any atom is 0.0714 e. The van der Waals surface area contributed by atoms with E-state index in [0.29, 0.717) is 11.8 Å². The van der Waals surface area contributed by atoms with Gasteiger partial charge in [0.2, 0.25) is 0 Å². The molecule has 14 aromatic rings. The van der Waals surface area contributed by atoms with Crippen LogP contribution in [0.5, 0.6) is 0 Å². The molecule has 406 valence electrons. The molecule has 1 aliphatic rings. The fourth-order valence-corrected chi connectivity index (χ4v) is 14.0. The van der Waals surface area contributed by atoms with E-state index in [1.807, 2.05) is 0 Å². The smallest absolute Gasteiger partial charge is 0.0714 e. The van der Waals surface area contributed by atoms with Gasteiger partial charge in [-0.15, -0.1) is 0 Å². The van der Waals surface area contributed by atoms with Crippen molar-refractivity contribution in [2.45, 2.75) is 44.9 Å². The molecule has 0 heterocycles. The summed E-state index contributed by atoms with van der Waals surface area (Å²) < 4.78 is 0. The summed E-state index contributed by atoms with van der Waals surface area (Å²) in [5, 5.41) is 7.33. The van der Waals surface area contributed by atoms with E-state index >= 15 is 0 Å². The molecule has 2 nitrogen and oxygen atoms in total. The van der Waals surface area contributed by atoms with Crippen molar-refractivity contribution in [1.82, 2.24) is 0 Å². The van der Waals surface area contributed by atoms with Crippen LogP contribution >= 0.6 is 0 Å². The Balaban J connectivity index is 0.930. The molecule has 0 N–H and O–H groups in total. The van der Waals surface area contributed by atoms with Gasteiger partial charge in [-0.3, -0.25) is 0 Å². The van der Waals surface area contributed by atoms with Crippen LogP contribution in [0.25, 0.3) is 76.8 Å². The number of hydrogen-bond donors (Lipinski definition) is 0. The summed E-state index contributed by atoms with van der Waals surface area (Å²) in [5.41, 5.74) is 23.6. The monoisotopic (exact) mass is 1090 g/mol. The Bertz CT molecular complexity index is 4760. The van der Waals surface area contributed by atoms with Crippen LogP contribution < -0.4 is 9.80 Å². The van der Waals surface area contributed by atoms with Crippen molar-refractivity contribution in [2.24, 2.45) is 0 Å². The maximum atomic E-state index is 2.53. The molecule has 2 heteroatoms. The lowest BCUT2D eigenvalue weighted by molar-refractivity contribution is 0.768. The highest BCUT2D eigenvalue weighted by Crippen LogP contribution is 2.57. The first-order valence-corrected chi connectivity index (χ1v) is 30.0. The van der Waals surface area contributed by atoms with Gasteiger partial charge in [-0.25, -0.2) is 0 Å². The summed E-state index contributed by atoms with van der Waals surface area (Å²) in [6, 6.07) is 113. The van der Waals surface area contributed by atoms with Crippen LogP contribution in [0.2, 0.25) is 0 Å². The number of anilines is 6. The minimum atomic E-state index is -0.549. The van der Waals surface area contributed by atoms with Crippen LogP contribution in [0.3, 0.4) is 0 Å². The molecule has 0 saturated carbocycles. The first-order valence-electron chi connectivity index (χ1n) is 30.0. The average molecular weight is 1090 g/mol. The number of hydrogen-bond acceptors (Lipinski definition) is 2. The highest BCUT2D eigenvalue weighted by molar-refractivity contribution is 6.28. The van der Waals surface area contributed by atoms with Crippen molar-refractivity contribution in [3.63, 3.8) is 0 Å². The molecule has 0 unspecified atom stereocenters. The molecule has 1 aliphatic carbocycles. The van der Waals surface area contributed by atoms with E-state index in [0.717, 1.165) is 39.7 Å². The van der Waals surface area contributed by atoms with Crippen LogP contribution in [-0.4, -0.2) is 0 Å². The first kappa shape index (κ1) is 51.6. The average Bonchev–Trinajstić information content (AvgIpc) is 2.36. The molecule has 0 aliphatic heterocycles. The van der Waals surface area contributed by atoms with Crippen LogP contribution in [0.4, 0.5) is 34.1 Å². The summed E-state index contributed by atoms with van der Waals surface area (Å²) in [5.74, 6) is 0.694. The molecule has 14 aromatic carbocycles. The summed E-state index contributed by atoms with van der Waals surface area (Å²) in [7, 11) is 0. The second-order valence-electron chi connectivity index (χ2n) is 23.5. The second kappa shape index (κ2) is 21.2. The molecule has 15 rings (SSSR count). The van der Waals surface area contributed by atoms with E-state index in [2.05, 4.69) is 341 Å². The van der Waals surface area contributed by atoms with Crippen molar-refractivity contribution in [2.75, 3.05) is 9.80 Å². The van der Waals surface area contributed by atoms with Gasteiger partial charge in [-0.1, -0.05) is 270 Å². The zero-order valence-corrected chi connectivity index (χ0v) is 48.4. The summed E-state index contributed by atoms with van der Waals surface area (Å²) in [6.07, 6.45) is 0. The Hall–Kier alpha value is -10.3. The van der Waals surface area contributed by atoms with Gasteiger partial charge in [0.1, 0.15) is 0 Å². The van der Waals surface area contributed by atoms with Crippen molar-refractivity contribution in [3.05, 3.63) is 337 Å².